The van der Waals surface area contributed by atoms with Crippen LogP contribution in [0.15, 0.2) is 0 Å². The Morgan fingerprint density at radius 2 is 1.88 bits per heavy atom. The van der Waals surface area contributed by atoms with Gasteiger partial charge in [-0.1, -0.05) is 13.8 Å². The van der Waals surface area contributed by atoms with Gasteiger partial charge in [0, 0.05) is 12.0 Å². The van der Waals surface area contributed by atoms with Crippen molar-refractivity contribution in [2.45, 2.75) is 26.4 Å². The van der Waals surface area contributed by atoms with Crippen LogP contribution < -0.4 is 5.32 Å². The predicted molar refractivity (Wildman–Crippen MR) is 60.7 cm³/mol. The van der Waals surface area contributed by atoms with E-state index in [1.54, 1.807) is 0 Å². The van der Waals surface area contributed by atoms with Crippen LogP contribution in [0.4, 0.5) is 0 Å². The molecule has 0 fully saturated rings. The van der Waals surface area contributed by atoms with E-state index in [0.29, 0.717) is 0 Å². The number of aliphatic carboxylic acids is 1. The van der Waals surface area contributed by atoms with Gasteiger partial charge in [0.15, 0.2) is 0 Å². The zero-order valence-corrected chi connectivity index (χ0v) is 8.86. The molecule has 6 nitrogen and oxygen atoms in total. The van der Waals surface area contributed by atoms with Crippen LogP contribution in [-0.2, 0) is 9.59 Å². The van der Waals surface area contributed by atoms with Crippen molar-refractivity contribution in [3.63, 3.8) is 0 Å². The van der Waals surface area contributed by atoms with E-state index in [1.165, 1.54) is 13.8 Å². The molecule has 0 aromatic heterocycles. The molecule has 0 heterocycles. The summed E-state index contributed by atoms with van der Waals surface area (Å²) in [4.78, 5) is 21.4. The van der Waals surface area contributed by atoms with Gasteiger partial charge in [0.05, 0.1) is 13.0 Å². The summed E-state index contributed by atoms with van der Waals surface area (Å²) >= 11 is 0. The minimum absolute atomic E-state index is 0. The molecule has 0 unspecified atom stereocenters. The van der Waals surface area contributed by atoms with Gasteiger partial charge in [-0.2, -0.15) is 0 Å². The molecular weight excluding hydrogens is 242 g/mol. The van der Waals surface area contributed by atoms with Crippen molar-refractivity contribution >= 4 is 49.6 Å². The summed E-state index contributed by atoms with van der Waals surface area (Å²) in [5.41, 5.74) is -0.937. The standard InChI is InChI=1S/C9H17NO5.Ca.2H/c1-9(2,5-11)7(14)8(15)10-4-3-6(12)13;;;/h7,11,14H,3-5H2,1-2H3,(H,10,15)(H,12,13);;;/t7-;;;/m1.../s1. The molecule has 0 saturated heterocycles. The van der Waals surface area contributed by atoms with E-state index < -0.39 is 23.4 Å². The van der Waals surface area contributed by atoms with Crippen molar-refractivity contribution in [2.75, 3.05) is 13.2 Å². The Bertz CT molecular complexity index is 244. The Morgan fingerprint density at radius 3 is 2.25 bits per heavy atom. The van der Waals surface area contributed by atoms with Crippen LogP contribution in [0.25, 0.3) is 0 Å². The van der Waals surface area contributed by atoms with Crippen molar-refractivity contribution < 1.29 is 24.9 Å². The summed E-state index contributed by atoms with van der Waals surface area (Å²) in [6.07, 6.45) is -1.55. The first-order valence-electron chi connectivity index (χ1n) is 4.59. The van der Waals surface area contributed by atoms with Crippen LogP contribution >= 0.6 is 0 Å². The summed E-state index contributed by atoms with van der Waals surface area (Å²) in [5, 5.41) is 29.0. The monoisotopic (exact) mass is 261 g/mol. The number of hydrogen-bond donors (Lipinski definition) is 4. The van der Waals surface area contributed by atoms with E-state index in [0.717, 1.165) is 0 Å². The van der Waals surface area contributed by atoms with Gasteiger partial charge in [-0.3, -0.25) is 9.59 Å². The molecule has 0 aliphatic heterocycles. The van der Waals surface area contributed by atoms with Gasteiger partial charge in [-0.05, 0) is 0 Å². The fraction of sp³-hybridized carbons (Fsp3) is 0.778. The molecule has 0 radical (unpaired) electrons. The number of carboxylic acid groups (broad SMARTS) is 1. The second-order valence-corrected chi connectivity index (χ2v) is 3.98. The first-order chi connectivity index (χ1) is 6.81. The van der Waals surface area contributed by atoms with Gasteiger partial charge in [-0.15, -0.1) is 0 Å². The topological polar surface area (TPSA) is 107 Å². The third kappa shape index (κ3) is 6.65. The number of carbonyl (C=O) groups excluding carboxylic acids is 1. The fourth-order valence-electron chi connectivity index (χ4n) is 0.831. The zero-order valence-electron chi connectivity index (χ0n) is 8.86. The van der Waals surface area contributed by atoms with Crippen molar-refractivity contribution in [3.8, 4) is 0 Å². The Kier molecular flexibility index (Phi) is 9.53. The number of hydrogen-bond acceptors (Lipinski definition) is 4. The summed E-state index contributed by atoms with van der Waals surface area (Å²) in [5.74, 6) is -1.69. The van der Waals surface area contributed by atoms with Gasteiger partial charge in [0.1, 0.15) is 6.10 Å². The van der Waals surface area contributed by atoms with E-state index in [9.17, 15) is 14.7 Å². The minimum atomic E-state index is -1.35. The number of aliphatic hydroxyl groups is 2. The van der Waals surface area contributed by atoms with Crippen LogP contribution in [0.3, 0.4) is 0 Å². The number of aliphatic hydroxyl groups excluding tert-OH is 2. The number of amides is 1. The number of rotatable bonds is 6. The average molecular weight is 261 g/mol. The number of nitrogens with one attached hydrogen (secondary N) is 1. The average Bonchev–Trinajstić information content (AvgIpc) is 2.15. The maximum absolute atomic E-state index is 11.3. The summed E-state index contributed by atoms with van der Waals surface area (Å²) in [6, 6.07) is 0. The molecule has 0 aromatic rings. The Morgan fingerprint density at radius 1 is 1.38 bits per heavy atom. The van der Waals surface area contributed by atoms with E-state index in [1.807, 2.05) is 0 Å². The van der Waals surface area contributed by atoms with Gasteiger partial charge < -0.3 is 20.6 Å². The number of carboxylic acids is 1. The maximum atomic E-state index is 11.3. The second kappa shape index (κ2) is 8.25. The molecule has 1 amide bonds. The van der Waals surface area contributed by atoms with Crippen LogP contribution in [0.5, 0.6) is 0 Å². The van der Waals surface area contributed by atoms with Gasteiger partial charge in [0.25, 0.3) is 0 Å². The first-order valence-corrected chi connectivity index (χ1v) is 4.59. The second-order valence-electron chi connectivity index (χ2n) is 3.98. The molecule has 1 atom stereocenters. The summed E-state index contributed by atoms with van der Waals surface area (Å²) < 4.78 is 0. The zero-order chi connectivity index (χ0) is 12.1. The summed E-state index contributed by atoms with van der Waals surface area (Å²) in [6.45, 7) is 2.70. The SMILES string of the molecule is CC(C)(CO)[C@H](O)C(=O)NCCC(=O)O.[CaH2]. The Hall–Kier alpha value is 0.120. The third-order valence-corrected chi connectivity index (χ3v) is 2.03. The van der Waals surface area contributed by atoms with E-state index in [2.05, 4.69) is 5.32 Å². The van der Waals surface area contributed by atoms with Crippen LogP contribution in [0, 0.1) is 5.41 Å². The quantitative estimate of drug-likeness (QED) is 0.415. The molecule has 0 saturated carbocycles. The van der Waals surface area contributed by atoms with Crippen LogP contribution in [-0.4, -0.2) is 84.2 Å². The molecule has 0 aliphatic rings. The predicted octanol–water partition coefficient (Wildman–Crippen LogP) is -1.96. The van der Waals surface area contributed by atoms with E-state index in [4.69, 9.17) is 10.2 Å². The van der Waals surface area contributed by atoms with Crippen LogP contribution in [0.2, 0.25) is 0 Å². The van der Waals surface area contributed by atoms with Gasteiger partial charge in [-0.25, -0.2) is 0 Å². The van der Waals surface area contributed by atoms with Crippen molar-refractivity contribution in [1.82, 2.24) is 5.32 Å². The van der Waals surface area contributed by atoms with E-state index in [-0.39, 0.29) is 57.3 Å². The molecule has 16 heavy (non-hydrogen) atoms. The molecule has 7 heteroatoms. The normalized spacial score (nSPS) is 12.5. The molecule has 92 valence electrons. The molecule has 0 aliphatic carbocycles. The van der Waals surface area contributed by atoms with Crippen molar-refractivity contribution in [1.29, 1.82) is 0 Å². The van der Waals surface area contributed by atoms with Crippen molar-refractivity contribution in [2.24, 2.45) is 5.41 Å². The van der Waals surface area contributed by atoms with E-state index >= 15 is 0 Å². The van der Waals surface area contributed by atoms with Crippen LogP contribution in [0.1, 0.15) is 20.3 Å². The molecular formula is C9H19CaNO5. The molecule has 0 aromatic carbocycles. The Labute approximate surface area is 124 Å². The molecule has 4 N–H and O–H groups in total. The number of carbonyl (C=O) groups is 2. The fourth-order valence-corrected chi connectivity index (χ4v) is 0.831. The molecule has 0 spiro atoms. The van der Waals surface area contributed by atoms with Crippen molar-refractivity contribution in [3.05, 3.63) is 0 Å². The molecule has 0 rings (SSSR count). The molecule has 0 bridgehead atoms. The first kappa shape index (κ1) is 18.5. The third-order valence-electron chi connectivity index (χ3n) is 2.03. The van der Waals surface area contributed by atoms with Gasteiger partial charge >= 0.3 is 43.7 Å². The summed E-state index contributed by atoms with van der Waals surface area (Å²) in [7, 11) is 0. The Balaban J connectivity index is 0. The van der Waals surface area contributed by atoms with Gasteiger partial charge in [0.2, 0.25) is 5.91 Å².